The van der Waals surface area contributed by atoms with Crippen LogP contribution in [0.15, 0.2) is 12.4 Å². The van der Waals surface area contributed by atoms with E-state index in [1.54, 1.807) is 12.4 Å². The maximum Gasteiger partial charge on any atom is 0.223 e. The molecule has 0 aromatic carbocycles. The minimum Gasteiger partial charge on any atom is -0.373 e. The van der Waals surface area contributed by atoms with Crippen LogP contribution >= 0.6 is 0 Å². The Kier molecular flexibility index (Phi) is 12.5. The fourth-order valence-electron chi connectivity index (χ4n) is 4.55. The molecule has 1 aliphatic heterocycles. The van der Waals surface area contributed by atoms with Crippen molar-refractivity contribution in [1.82, 2.24) is 40.6 Å². The lowest BCUT2D eigenvalue weighted by molar-refractivity contribution is -0.127. The van der Waals surface area contributed by atoms with Gasteiger partial charge in [-0.2, -0.15) is 0 Å². The molecule has 12 heteroatoms. The molecule has 2 aromatic rings. The van der Waals surface area contributed by atoms with Gasteiger partial charge in [0.05, 0.1) is 62.3 Å². The fourth-order valence-corrected chi connectivity index (χ4v) is 4.55. The maximum atomic E-state index is 12.9. The summed E-state index contributed by atoms with van der Waals surface area (Å²) < 4.78 is 15.7. The topological polar surface area (TPSA) is 138 Å². The van der Waals surface area contributed by atoms with Crippen LogP contribution in [0.4, 0.5) is 0 Å². The first-order chi connectivity index (χ1) is 19.2. The van der Waals surface area contributed by atoms with Crippen LogP contribution in [0.2, 0.25) is 0 Å². The number of aryl methyl sites for hydroxylation is 2. The summed E-state index contributed by atoms with van der Waals surface area (Å²) in [7, 11) is 0. The molecule has 3 rings (SSSR count). The van der Waals surface area contributed by atoms with Gasteiger partial charge in [-0.25, -0.2) is 9.36 Å². The molecule has 0 unspecified atom stereocenters. The van der Waals surface area contributed by atoms with Crippen molar-refractivity contribution in [2.45, 2.75) is 106 Å². The highest BCUT2D eigenvalue weighted by Crippen LogP contribution is 2.14. The van der Waals surface area contributed by atoms with Gasteiger partial charge in [0.2, 0.25) is 11.8 Å². The van der Waals surface area contributed by atoms with E-state index in [4.69, 9.17) is 9.47 Å². The van der Waals surface area contributed by atoms with Crippen LogP contribution in [0.3, 0.4) is 0 Å². The predicted octanol–water partition coefficient (Wildman–Crippen LogP) is 2.73. The zero-order valence-electron chi connectivity index (χ0n) is 25.0. The van der Waals surface area contributed by atoms with Crippen molar-refractivity contribution < 1.29 is 19.1 Å². The van der Waals surface area contributed by atoms with Crippen molar-refractivity contribution in [3.05, 3.63) is 23.8 Å². The average molecular weight is 561 g/mol. The number of rotatable bonds is 2. The highest BCUT2D eigenvalue weighted by molar-refractivity contribution is 5.79. The van der Waals surface area contributed by atoms with Crippen LogP contribution < -0.4 is 10.6 Å². The van der Waals surface area contributed by atoms with E-state index in [1.807, 2.05) is 23.2 Å². The van der Waals surface area contributed by atoms with Gasteiger partial charge in [0, 0.05) is 24.9 Å². The van der Waals surface area contributed by atoms with Gasteiger partial charge in [-0.15, -0.1) is 10.2 Å². The maximum absolute atomic E-state index is 12.9. The smallest absolute Gasteiger partial charge is 0.223 e. The molecule has 1 aliphatic rings. The summed E-state index contributed by atoms with van der Waals surface area (Å²) in [6.45, 7) is 15.0. The molecule has 40 heavy (non-hydrogen) atoms. The van der Waals surface area contributed by atoms with Crippen molar-refractivity contribution in [3.8, 4) is 0 Å². The molecule has 12 nitrogen and oxygen atoms in total. The fraction of sp³-hybridized carbons (Fsp3) is 0.786. The van der Waals surface area contributed by atoms with Gasteiger partial charge in [0.15, 0.2) is 0 Å². The lowest BCUT2D eigenvalue weighted by atomic mass is 10.0. The lowest BCUT2D eigenvalue weighted by Gasteiger charge is -2.25. The molecular weight excluding hydrogens is 512 g/mol. The SMILES string of the molecule is CC(C)[C@@H]1COCc2cnnn2CCC[C@H](C)C(=O)N[C@H](C(C)C)COCc2cnnn2CCC[C@H](C)C(=O)N1. The Labute approximate surface area is 237 Å². The van der Waals surface area contributed by atoms with Crippen molar-refractivity contribution in [2.24, 2.45) is 23.7 Å². The molecule has 0 spiro atoms. The van der Waals surface area contributed by atoms with Crippen LogP contribution in [0.25, 0.3) is 0 Å². The summed E-state index contributed by atoms with van der Waals surface area (Å²) in [4.78, 5) is 25.9. The minimum atomic E-state index is -0.140. The summed E-state index contributed by atoms with van der Waals surface area (Å²) in [6, 6.07) is -0.198. The molecule has 3 heterocycles. The Bertz CT molecular complexity index is 971. The number of amides is 2. The molecule has 0 aliphatic carbocycles. The van der Waals surface area contributed by atoms with Gasteiger partial charge < -0.3 is 20.1 Å². The van der Waals surface area contributed by atoms with Crippen molar-refractivity contribution >= 4 is 11.8 Å². The van der Waals surface area contributed by atoms with E-state index >= 15 is 0 Å². The van der Waals surface area contributed by atoms with Gasteiger partial charge in [0.25, 0.3) is 0 Å². The molecule has 0 radical (unpaired) electrons. The van der Waals surface area contributed by atoms with Crippen LogP contribution in [0, 0.1) is 23.7 Å². The third-order valence-corrected chi connectivity index (χ3v) is 7.66. The number of hydrogen-bond acceptors (Lipinski definition) is 8. The zero-order valence-corrected chi connectivity index (χ0v) is 25.0. The number of carbonyl (C=O) groups excluding carboxylic acids is 2. The monoisotopic (exact) mass is 560 g/mol. The van der Waals surface area contributed by atoms with Crippen molar-refractivity contribution in [1.29, 1.82) is 0 Å². The van der Waals surface area contributed by atoms with E-state index in [2.05, 4.69) is 59.0 Å². The minimum absolute atomic E-state index is 0.0292. The molecule has 0 bridgehead atoms. The largest absolute Gasteiger partial charge is 0.373 e. The molecule has 2 aromatic heterocycles. The molecule has 0 saturated heterocycles. The number of ether oxygens (including phenoxy) is 2. The van der Waals surface area contributed by atoms with E-state index in [0.717, 1.165) is 37.1 Å². The second-order valence-corrected chi connectivity index (χ2v) is 11.7. The van der Waals surface area contributed by atoms with Crippen LogP contribution in [-0.4, -0.2) is 67.1 Å². The average Bonchev–Trinajstić information content (AvgIpc) is 3.55. The Morgan fingerprint density at radius 3 is 1.52 bits per heavy atom. The van der Waals surface area contributed by atoms with Gasteiger partial charge in [0.1, 0.15) is 0 Å². The summed E-state index contributed by atoms with van der Waals surface area (Å²) in [5.41, 5.74) is 1.75. The first kappa shape index (κ1) is 31.7. The molecule has 2 amide bonds. The molecule has 0 saturated carbocycles. The van der Waals surface area contributed by atoms with Crippen molar-refractivity contribution in [3.63, 3.8) is 0 Å². The molecule has 0 fully saturated rings. The third kappa shape index (κ3) is 9.65. The quantitative estimate of drug-likeness (QED) is 0.572. The second kappa shape index (κ2) is 15.8. The van der Waals surface area contributed by atoms with Gasteiger partial charge in [-0.3, -0.25) is 9.59 Å². The lowest BCUT2D eigenvalue weighted by Crippen LogP contribution is -2.44. The Morgan fingerprint density at radius 2 is 1.15 bits per heavy atom. The van der Waals surface area contributed by atoms with E-state index in [-0.39, 0.29) is 47.6 Å². The highest BCUT2D eigenvalue weighted by atomic mass is 16.5. The van der Waals surface area contributed by atoms with Gasteiger partial charge >= 0.3 is 0 Å². The number of fused-ring (bicyclic) bond motifs is 2. The third-order valence-electron chi connectivity index (χ3n) is 7.66. The standard InChI is InChI=1S/C28H48N8O4/c1-19(2)25-17-39-15-23-13-29-33-35(23)12-8-10-22(6)28(38)32-26(20(3)4)18-40-16-24-14-30-34-36(24)11-7-9-21(5)27(37)31-25/h13-14,19-22,25-26H,7-12,15-18H2,1-6H3,(H,31,37)(H,32,38)/t21-,22-,25-,26-/m0/s1. The first-order valence-electron chi connectivity index (χ1n) is 14.7. The summed E-state index contributed by atoms with van der Waals surface area (Å²) in [6.07, 6.45) is 6.43. The number of hydrogen-bond donors (Lipinski definition) is 2. The zero-order chi connectivity index (χ0) is 29.1. The van der Waals surface area contributed by atoms with E-state index in [1.165, 1.54) is 0 Å². The number of nitrogens with one attached hydrogen (secondary N) is 2. The Morgan fingerprint density at radius 1 is 0.750 bits per heavy atom. The number of aromatic nitrogens is 6. The van der Waals surface area contributed by atoms with Gasteiger partial charge in [-0.1, -0.05) is 52.0 Å². The van der Waals surface area contributed by atoms with Gasteiger partial charge in [-0.05, 0) is 37.5 Å². The first-order valence-corrected chi connectivity index (χ1v) is 14.7. The normalized spacial score (nSPS) is 25.5. The van der Waals surface area contributed by atoms with Crippen molar-refractivity contribution in [2.75, 3.05) is 13.2 Å². The Balaban J connectivity index is 1.69. The molecule has 2 N–H and O–H groups in total. The molecular formula is C28H48N8O4. The second-order valence-electron chi connectivity index (χ2n) is 11.7. The summed E-state index contributed by atoms with van der Waals surface area (Å²) in [5, 5.41) is 22.9. The predicted molar refractivity (Wildman–Crippen MR) is 150 cm³/mol. The highest BCUT2D eigenvalue weighted by Gasteiger charge is 2.23. The van der Waals surface area contributed by atoms with E-state index in [9.17, 15) is 9.59 Å². The van der Waals surface area contributed by atoms with Crippen LogP contribution in [-0.2, 0) is 45.4 Å². The Hall–Kier alpha value is -2.86. The molecule has 224 valence electrons. The number of nitrogens with zero attached hydrogens (tertiary/aromatic N) is 6. The van der Waals surface area contributed by atoms with Crippen LogP contribution in [0.1, 0.15) is 78.6 Å². The number of carbonyl (C=O) groups is 2. The summed E-state index contributed by atoms with van der Waals surface area (Å²) in [5.74, 6) is 0.219. The summed E-state index contributed by atoms with van der Waals surface area (Å²) >= 11 is 0. The van der Waals surface area contributed by atoms with E-state index < -0.39 is 0 Å². The van der Waals surface area contributed by atoms with E-state index in [0.29, 0.717) is 39.5 Å². The molecule has 4 atom stereocenters. The van der Waals surface area contributed by atoms with Crippen LogP contribution in [0.5, 0.6) is 0 Å².